The molecule has 0 amide bonds. The molecule has 2 aliphatic heterocycles. The summed E-state index contributed by atoms with van der Waals surface area (Å²) in [7, 11) is -3.52. The largest absolute Gasteiger partial charge is 0.486 e. The Labute approximate surface area is 126 Å². The van der Waals surface area contributed by atoms with Gasteiger partial charge in [0.1, 0.15) is 18.1 Å². The van der Waals surface area contributed by atoms with Crippen LogP contribution in [0.25, 0.3) is 0 Å². The SMILES string of the molecule is O=S(=O)(c1cc2c(cc1Br)OCCO2)N1CCNCC1. The van der Waals surface area contributed by atoms with E-state index >= 15 is 0 Å². The number of halogens is 1. The lowest BCUT2D eigenvalue weighted by atomic mass is 10.3. The van der Waals surface area contributed by atoms with E-state index in [9.17, 15) is 8.42 Å². The Hall–Kier alpha value is -0.830. The molecule has 0 unspecified atom stereocenters. The maximum absolute atomic E-state index is 12.7. The molecule has 0 atom stereocenters. The number of ether oxygens (including phenoxy) is 2. The van der Waals surface area contributed by atoms with E-state index in [0.717, 1.165) is 0 Å². The standard InChI is InChI=1S/C12H15BrN2O4S/c13-9-7-10-11(19-6-5-18-10)8-12(9)20(16,17)15-3-1-14-2-4-15/h7-8,14H,1-6H2. The van der Waals surface area contributed by atoms with Gasteiger partial charge in [-0.05, 0) is 22.0 Å². The molecule has 1 fully saturated rings. The van der Waals surface area contributed by atoms with E-state index in [-0.39, 0.29) is 4.90 Å². The molecule has 3 rings (SSSR count). The summed E-state index contributed by atoms with van der Waals surface area (Å²) in [6, 6.07) is 3.19. The van der Waals surface area contributed by atoms with E-state index in [2.05, 4.69) is 21.2 Å². The van der Waals surface area contributed by atoms with Crippen molar-refractivity contribution in [3.8, 4) is 11.5 Å². The first kappa shape index (κ1) is 14.1. The summed E-state index contributed by atoms with van der Waals surface area (Å²) < 4.78 is 38.2. The van der Waals surface area contributed by atoms with Crippen LogP contribution in [0.1, 0.15) is 0 Å². The molecular weight excluding hydrogens is 348 g/mol. The van der Waals surface area contributed by atoms with Gasteiger partial charge in [0.25, 0.3) is 0 Å². The Kier molecular flexibility index (Phi) is 3.89. The third kappa shape index (κ3) is 2.52. The summed E-state index contributed by atoms with van der Waals surface area (Å²) >= 11 is 3.32. The van der Waals surface area contributed by atoms with Gasteiger partial charge in [0.2, 0.25) is 10.0 Å². The van der Waals surface area contributed by atoms with Crippen molar-refractivity contribution in [1.82, 2.24) is 9.62 Å². The number of hydrogen-bond acceptors (Lipinski definition) is 5. The first-order valence-corrected chi connectivity index (χ1v) is 8.62. The first-order valence-electron chi connectivity index (χ1n) is 6.39. The molecule has 6 nitrogen and oxygen atoms in total. The molecule has 1 aromatic rings. The minimum Gasteiger partial charge on any atom is -0.486 e. The highest BCUT2D eigenvalue weighted by atomic mass is 79.9. The topological polar surface area (TPSA) is 67.9 Å². The van der Waals surface area contributed by atoms with Gasteiger partial charge in [0.05, 0.1) is 0 Å². The summed E-state index contributed by atoms with van der Waals surface area (Å²) in [5, 5.41) is 3.14. The molecule has 1 aromatic carbocycles. The van der Waals surface area contributed by atoms with Gasteiger partial charge >= 0.3 is 0 Å². The Bertz CT molecular complexity index is 614. The number of sulfonamides is 1. The van der Waals surface area contributed by atoms with Crippen molar-refractivity contribution in [2.24, 2.45) is 0 Å². The van der Waals surface area contributed by atoms with Crippen molar-refractivity contribution in [3.05, 3.63) is 16.6 Å². The van der Waals surface area contributed by atoms with Crippen LogP contribution in [0.2, 0.25) is 0 Å². The number of nitrogens with zero attached hydrogens (tertiary/aromatic N) is 1. The van der Waals surface area contributed by atoms with E-state index in [1.807, 2.05) is 0 Å². The second-order valence-corrected chi connectivity index (χ2v) is 7.34. The highest BCUT2D eigenvalue weighted by Crippen LogP contribution is 2.38. The van der Waals surface area contributed by atoms with Crippen LogP contribution >= 0.6 is 15.9 Å². The van der Waals surface area contributed by atoms with E-state index < -0.39 is 10.0 Å². The molecule has 110 valence electrons. The molecule has 20 heavy (non-hydrogen) atoms. The number of benzene rings is 1. The maximum atomic E-state index is 12.7. The molecule has 0 aliphatic carbocycles. The monoisotopic (exact) mass is 362 g/mol. The van der Waals surface area contributed by atoms with Gasteiger partial charge in [-0.1, -0.05) is 0 Å². The molecule has 0 aromatic heterocycles. The van der Waals surface area contributed by atoms with Gasteiger partial charge in [0, 0.05) is 36.7 Å². The maximum Gasteiger partial charge on any atom is 0.244 e. The van der Waals surface area contributed by atoms with Crippen LogP contribution in [0.15, 0.2) is 21.5 Å². The molecule has 8 heteroatoms. The van der Waals surface area contributed by atoms with Crippen LogP contribution in [0.3, 0.4) is 0 Å². The van der Waals surface area contributed by atoms with Crippen molar-refractivity contribution in [2.75, 3.05) is 39.4 Å². The normalized spacial score (nSPS) is 19.9. The van der Waals surface area contributed by atoms with E-state index in [1.165, 1.54) is 10.4 Å². The minimum atomic E-state index is -3.52. The van der Waals surface area contributed by atoms with Gasteiger partial charge in [-0.2, -0.15) is 4.31 Å². The lowest BCUT2D eigenvalue weighted by Crippen LogP contribution is -2.46. The van der Waals surface area contributed by atoms with Crippen LogP contribution in [0, 0.1) is 0 Å². The lowest BCUT2D eigenvalue weighted by molar-refractivity contribution is 0.171. The highest BCUT2D eigenvalue weighted by molar-refractivity contribution is 9.10. The first-order chi connectivity index (χ1) is 9.59. The average Bonchev–Trinajstić information content (AvgIpc) is 2.47. The quantitative estimate of drug-likeness (QED) is 0.843. The minimum absolute atomic E-state index is 0.226. The Morgan fingerprint density at radius 3 is 2.35 bits per heavy atom. The predicted octanol–water partition coefficient (Wildman–Crippen LogP) is 0.814. The summed E-state index contributed by atoms with van der Waals surface area (Å²) in [4.78, 5) is 0.226. The molecule has 2 heterocycles. The van der Waals surface area contributed by atoms with Crippen LogP contribution in [0.4, 0.5) is 0 Å². The molecular formula is C12H15BrN2O4S. The Morgan fingerprint density at radius 2 is 1.70 bits per heavy atom. The number of hydrogen-bond donors (Lipinski definition) is 1. The average molecular weight is 363 g/mol. The van der Waals surface area contributed by atoms with Gasteiger partial charge in [-0.3, -0.25) is 0 Å². The molecule has 0 bridgehead atoms. The smallest absolute Gasteiger partial charge is 0.244 e. The molecule has 0 saturated carbocycles. The van der Waals surface area contributed by atoms with Crippen LogP contribution in [0.5, 0.6) is 11.5 Å². The second-order valence-electron chi connectivity index (χ2n) is 4.58. The van der Waals surface area contributed by atoms with E-state index in [0.29, 0.717) is 55.4 Å². The summed E-state index contributed by atoms with van der Waals surface area (Å²) in [5.74, 6) is 1.05. The number of nitrogens with one attached hydrogen (secondary N) is 1. The fourth-order valence-electron chi connectivity index (χ4n) is 2.27. The van der Waals surface area contributed by atoms with Crippen LogP contribution in [-0.4, -0.2) is 52.1 Å². The fraction of sp³-hybridized carbons (Fsp3) is 0.500. The van der Waals surface area contributed by atoms with Crippen molar-refractivity contribution in [2.45, 2.75) is 4.90 Å². The summed E-state index contributed by atoms with van der Waals surface area (Å²) in [6.07, 6.45) is 0. The zero-order chi connectivity index (χ0) is 14.2. The van der Waals surface area contributed by atoms with Gasteiger partial charge in [-0.15, -0.1) is 0 Å². The third-order valence-corrected chi connectivity index (χ3v) is 6.15. The summed E-state index contributed by atoms with van der Waals surface area (Å²) in [6.45, 7) is 3.19. The highest BCUT2D eigenvalue weighted by Gasteiger charge is 2.29. The van der Waals surface area contributed by atoms with Crippen molar-refractivity contribution < 1.29 is 17.9 Å². The molecule has 2 aliphatic rings. The third-order valence-electron chi connectivity index (χ3n) is 3.29. The predicted molar refractivity (Wildman–Crippen MR) is 76.8 cm³/mol. The molecule has 1 saturated heterocycles. The number of fused-ring (bicyclic) bond motifs is 1. The Balaban J connectivity index is 2.00. The molecule has 1 N–H and O–H groups in total. The zero-order valence-electron chi connectivity index (χ0n) is 10.8. The van der Waals surface area contributed by atoms with Crippen molar-refractivity contribution in [1.29, 1.82) is 0 Å². The van der Waals surface area contributed by atoms with Gasteiger partial charge < -0.3 is 14.8 Å². The van der Waals surface area contributed by atoms with Gasteiger partial charge in [0.15, 0.2) is 11.5 Å². The lowest BCUT2D eigenvalue weighted by Gasteiger charge is -2.27. The van der Waals surface area contributed by atoms with E-state index in [1.54, 1.807) is 6.07 Å². The van der Waals surface area contributed by atoms with Crippen LogP contribution in [-0.2, 0) is 10.0 Å². The summed E-state index contributed by atoms with van der Waals surface area (Å²) in [5.41, 5.74) is 0. The fourth-order valence-corrected chi connectivity index (χ4v) is 4.71. The van der Waals surface area contributed by atoms with Crippen molar-refractivity contribution in [3.63, 3.8) is 0 Å². The van der Waals surface area contributed by atoms with E-state index in [4.69, 9.17) is 9.47 Å². The molecule has 0 radical (unpaired) electrons. The van der Waals surface area contributed by atoms with Crippen molar-refractivity contribution >= 4 is 26.0 Å². The number of rotatable bonds is 2. The molecule has 0 spiro atoms. The number of piperazine rings is 1. The van der Waals surface area contributed by atoms with Crippen LogP contribution < -0.4 is 14.8 Å². The Morgan fingerprint density at radius 1 is 1.10 bits per heavy atom. The van der Waals surface area contributed by atoms with Gasteiger partial charge in [-0.25, -0.2) is 8.42 Å². The zero-order valence-corrected chi connectivity index (χ0v) is 13.2. The second kappa shape index (κ2) is 5.51.